The van der Waals surface area contributed by atoms with Crippen molar-refractivity contribution in [1.82, 2.24) is 0 Å². The zero-order valence-corrected chi connectivity index (χ0v) is 10.6. The Morgan fingerprint density at radius 1 is 0.650 bits per heavy atom. The van der Waals surface area contributed by atoms with Crippen LogP contribution in [0.4, 0.5) is 0 Å². The first-order valence-corrected chi connectivity index (χ1v) is 6.03. The molecule has 0 aliphatic carbocycles. The lowest BCUT2D eigenvalue weighted by molar-refractivity contribution is 0.474. The van der Waals surface area contributed by atoms with Crippen molar-refractivity contribution >= 4 is 0 Å². The normalized spacial score (nSPS) is 12.9. The van der Waals surface area contributed by atoms with Crippen molar-refractivity contribution in [1.29, 1.82) is 10.5 Å². The van der Waals surface area contributed by atoms with E-state index in [1.165, 1.54) is 24.3 Å². The van der Waals surface area contributed by atoms with Gasteiger partial charge in [0.1, 0.15) is 11.5 Å². The highest BCUT2D eigenvalue weighted by atomic mass is 16.3. The summed E-state index contributed by atoms with van der Waals surface area (Å²) in [5.41, 5.74) is 1.34. The summed E-state index contributed by atoms with van der Waals surface area (Å²) in [6.45, 7) is 0. The van der Waals surface area contributed by atoms with Crippen LogP contribution in [-0.2, 0) is 0 Å². The van der Waals surface area contributed by atoms with Crippen LogP contribution in [-0.4, -0.2) is 10.2 Å². The monoisotopic (exact) mass is 264 g/mol. The summed E-state index contributed by atoms with van der Waals surface area (Å²) in [5.74, 6) is -1.04. The first-order chi connectivity index (χ1) is 9.65. The molecule has 0 fully saturated rings. The minimum absolute atomic E-state index is 0.114. The van der Waals surface area contributed by atoms with Gasteiger partial charge in [0.15, 0.2) is 0 Å². The predicted octanol–water partition coefficient (Wildman–Crippen LogP) is 3.01. The average Bonchev–Trinajstić information content (AvgIpc) is 2.47. The van der Waals surface area contributed by atoms with Crippen LogP contribution in [0.3, 0.4) is 0 Å². The fraction of sp³-hybridized carbons (Fsp3) is 0.125. The largest absolute Gasteiger partial charge is 0.508 e. The molecular weight excluding hydrogens is 252 g/mol. The molecule has 2 aromatic carbocycles. The predicted molar refractivity (Wildman–Crippen MR) is 72.9 cm³/mol. The van der Waals surface area contributed by atoms with Crippen molar-refractivity contribution in [2.45, 2.75) is 11.8 Å². The molecule has 0 spiro atoms. The van der Waals surface area contributed by atoms with Crippen LogP contribution in [0.5, 0.6) is 11.5 Å². The fourth-order valence-corrected chi connectivity index (χ4v) is 2.05. The molecule has 0 amide bonds. The van der Waals surface area contributed by atoms with Crippen molar-refractivity contribution in [3.05, 3.63) is 59.7 Å². The lowest BCUT2D eigenvalue weighted by Crippen LogP contribution is -2.08. The lowest BCUT2D eigenvalue weighted by atomic mass is 9.83. The van der Waals surface area contributed by atoms with E-state index in [0.717, 1.165) is 0 Å². The molecule has 0 heterocycles. The molecule has 2 atom stereocenters. The molecule has 4 nitrogen and oxygen atoms in total. The Morgan fingerprint density at radius 2 is 0.950 bits per heavy atom. The lowest BCUT2D eigenvalue weighted by Gasteiger charge is -2.16. The van der Waals surface area contributed by atoms with Crippen molar-refractivity contribution < 1.29 is 10.2 Å². The molecule has 0 radical (unpaired) electrons. The highest BCUT2D eigenvalue weighted by molar-refractivity contribution is 5.40. The molecule has 20 heavy (non-hydrogen) atoms. The van der Waals surface area contributed by atoms with E-state index in [2.05, 4.69) is 12.1 Å². The summed E-state index contributed by atoms with van der Waals surface area (Å²) < 4.78 is 0. The number of phenolic OH excluding ortho intramolecular Hbond substituents is 2. The first kappa shape index (κ1) is 13.5. The Kier molecular flexibility index (Phi) is 3.88. The summed E-state index contributed by atoms with van der Waals surface area (Å²) >= 11 is 0. The van der Waals surface area contributed by atoms with Crippen LogP contribution in [0.25, 0.3) is 0 Å². The minimum atomic E-state index is -0.634. The van der Waals surface area contributed by atoms with Crippen molar-refractivity contribution in [3.8, 4) is 23.6 Å². The van der Waals surface area contributed by atoms with E-state index < -0.39 is 11.8 Å². The SMILES string of the molecule is N#CC(c1ccc(O)cc1)C(C#N)c1ccc(O)cc1. The summed E-state index contributed by atoms with van der Waals surface area (Å²) in [5, 5.41) is 37.3. The minimum Gasteiger partial charge on any atom is -0.508 e. The van der Waals surface area contributed by atoms with Crippen LogP contribution in [0.2, 0.25) is 0 Å². The van der Waals surface area contributed by atoms with Crippen LogP contribution < -0.4 is 0 Å². The summed E-state index contributed by atoms with van der Waals surface area (Å²) in [6.07, 6.45) is 0. The average molecular weight is 264 g/mol. The van der Waals surface area contributed by atoms with Crippen LogP contribution in [0.1, 0.15) is 23.0 Å². The third-order valence-electron chi connectivity index (χ3n) is 3.12. The molecule has 2 rings (SSSR count). The molecule has 0 aliphatic rings. The van der Waals surface area contributed by atoms with Gasteiger partial charge in [0, 0.05) is 0 Å². The zero-order chi connectivity index (χ0) is 14.5. The molecular formula is C16H12N2O2. The summed E-state index contributed by atoms with van der Waals surface area (Å²) in [4.78, 5) is 0. The van der Waals surface area contributed by atoms with Gasteiger partial charge in [0.25, 0.3) is 0 Å². The van der Waals surface area contributed by atoms with Crippen molar-refractivity contribution in [2.24, 2.45) is 0 Å². The standard InChI is InChI=1S/C16H12N2O2/c17-9-15(11-1-5-13(19)6-2-11)16(10-18)12-3-7-14(20)8-4-12/h1-8,15-16,19-20H. The van der Waals surface area contributed by atoms with Gasteiger partial charge >= 0.3 is 0 Å². The van der Waals surface area contributed by atoms with Gasteiger partial charge < -0.3 is 10.2 Å². The van der Waals surface area contributed by atoms with E-state index in [4.69, 9.17) is 0 Å². The van der Waals surface area contributed by atoms with Gasteiger partial charge in [-0.25, -0.2) is 0 Å². The number of hydrogen-bond acceptors (Lipinski definition) is 4. The molecule has 4 heteroatoms. The third-order valence-corrected chi connectivity index (χ3v) is 3.12. The van der Waals surface area contributed by atoms with Crippen LogP contribution >= 0.6 is 0 Å². The van der Waals surface area contributed by atoms with E-state index in [-0.39, 0.29) is 11.5 Å². The second-order valence-corrected chi connectivity index (χ2v) is 4.40. The molecule has 0 aliphatic heterocycles. The number of nitrogens with zero attached hydrogens (tertiary/aromatic N) is 2. The molecule has 0 aromatic heterocycles. The molecule has 2 unspecified atom stereocenters. The molecule has 98 valence electrons. The van der Waals surface area contributed by atoms with Gasteiger partial charge in [0.05, 0.1) is 24.0 Å². The number of aromatic hydroxyl groups is 2. The Hall–Kier alpha value is -2.98. The topological polar surface area (TPSA) is 88.0 Å². The Balaban J connectivity index is 2.38. The zero-order valence-electron chi connectivity index (χ0n) is 10.6. The molecule has 0 bridgehead atoms. The third kappa shape index (κ3) is 2.71. The van der Waals surface area contributed by atoms with E-state index in [1.54, 1.807) is 24.3 Å². The van der Waals surface area contributed by atoms with Gasteiger partial charge in [-0.2, -0.15) is 10.5 Å². The second-order valence-electron chi connectivity index (χ2n) is 4.40. The highest BCUT2D eigenvalue weighted by Gasteiger charge is 2.24. The van der Waals surface area contributed by atoms with Crippen LogP contribution in [0.15, 0.2) is 48.5 Å². The van der Waals surface area contributed by atoms with E-state index in [9.17, 15) is 20.7 Å². The smallest absolute Gasteiger partial charge is 0.115 e. The maximum absolute atomic E-state index is 9.35. The maximum Gasteiger partial charge on any atom is 0.115 e. The fourth-order valence-electron chi connectivity index (χ4n) is 2.05. The summed E-state index contributed by atoms with van der Waals surface area (Å²) in [7, 11) is 0. The van der Waals surface area contributed by atoms with Crippen LogP contribution in [0, 0.1) is 22.7 Å². The van der Waals surface area contributed by atoms with Gasteiger partial charge in [-0.1, -0.05) is 24.3 Å². The molecule has 2 N–H and O–H groups in total. The summed E-state index contributed by atoms with van der Waals surface area (Å²) in [6, 6.07) is 16.8. The maximum atomic E-state index is 9.35. The second kappa shape index (κ2) is 5.77. The molecule has 0 saturated carbocycles. The number of hydrogen-bond donors (Lipinski definition) is 2. The number of nitriles is 2. The van der Waals surface area contributed by atoms with Gasteiger partial charge in [-0.3, -0.25) is 0 Å². The Bertz CT molecular complexity index is 602. The molecule has 2 aromatic rings. The highest BCUT2D eigenvalue weighted by Crippen LogP contribution is 2.33. The van der Waals surface area contributed by atoms with Crippen molar-refractivity contribution in [3.63, 3.8) is 0 Å². The first-order valence-electron chi connectivity index (χ1n) is 6.03. The Labute approximate surface area is 116 Å². The quantitative estimate of drug-likeness (QED) is 0.891. The van der Waals surface area contributed by atoms with Gasteiger partial charge in [-0.15, -0.1) is 0 Å². The van der Waals surface area contributed by atoms with Gasteiger partial charge in [0.2, 0.25) is 0 Å². The van der Waals surface area contributed by atoms with E-state index in [1.807, 2.05) is 0 Å². The van der Waals surface area contributed by atoms with E-state index >= 15 is 0 Å². The number of phenols is 2. The molecule has 0 saturated heterocycles. The number of benzene rings is 2. The van der Waals surface area contributed by atoms with E-state index in [0.29, 0.717) is 11.1 Å². The van der Waals surface area contributed by atoms with Gasteiger partial charge in [-0.05, 0) is 35.4 Å². The Morgan fingerprint density at radius 3 is 1.20 bits per heavy atom. The van der Waals surface area contributed by atoms with Crippen molar-refractivity contribution in [2.75, 3.05) is 0 Å². The number of rotatable bonds is 3.